The van der Waals surface area contributed by atoms with E-state index in [1.807, 2.05) is 54.6 Å². The Hall–Kier alpha value is -2.62. The van der Waals surface area contributed by atoms with Crippen LogP contribution >= 0.6 is 0 Å². The number of carbonyl (C=O) groups is 2. The molecule has 0 saturated carbocycles. The first kappa shape index (κ1) is 19.7. The summed E-state index contributed by atoms with van der Waals surface area (Å²) in [5.41, 5.74) is 3.04. The summed E-state index contributed by atoms with van der Waals surface area (Å²) in [4.78, 5) is 24.0. The molecule has 2 aromatic carbocycles. The Morgan fingerprint density at radius 3 is 2.08 bits per heavy atom. The van der Waals surface area contributed by atoms with Crippen molar-refractivity contribution < 1.29 is 9.59 Å². The fourth-order valence-electron chi connectivity index (χ4n) is 2.59. The summed E-state index contributed by atoms with van der Waals surface area (Å²) >= 11 is 0. The zero-order valence-electron chi connectivity index (χ0n) is 15.8. The molecule has 0 aliphatic rings. The quantitative estimate of drug-likeness (QED) is 0.750. The molecule has 0 bridgehead atoms. The Bertz CT molecular complexity index is 716. The Labute approximate surface area is 156 Å². The average Bonchev–Trinajstić information content (AvgIpc) is 2.63. The fraction of sp³-hybridized carbons (Fsp3) is 0.364. The molecule has 0 fully saturated rings. The summed E-state index contributed by atoms with van der Waals surface area (Å²) in [6.07, 6.45) is 1.17. The van der Waals surface area contributed by atoms with Crippen LogP contribution in [0, 0.1) is 0 Å². The summed E-state index contributed by atoms with van der Waals surface area (Å²) in [6.45, 7) is 7.27. The SMILES string of the molecule is CC(C)(C)c1ccc(C(=O)NCCNC(=O)CCc2ccccc2)cc1. The lowest BCUT2D eigenvalue weighted by Gasteiger charge is -2.19. The van der Waals surface area contributed by atoms with Gasteiger partial charge in [0.25, 0.3) is 5.91 Å². The third-order valence-corrected chi connectivity index (χ3v) is 4.23. The number of nitrogens with one attached hydrogen (secondary N) is 2. The molecular weight excluding hydrogens is 324 g/mol. The molecule has 0 aliphatic carbocycles. The smallest absolute Gasteiger partial charge is 0.251 e. The van der Waals surface area contributed by atoms with Gasteiger partial charge in [0.15, 0.2) is 0 Å². The van der Waals surface area contributed by atoms with E-state index in [-0.39, 0.29) is 17.2 Å². The molecule has 2 rings (SSSR count). The van der Waals surface area contributed by atoms with Crippen LogP contribution < -0.4 is 10.6 Å². The lowest BCUT2D eigenvalue weighted by molar-refractivity contribution is -0.121. The van der Waals surface area contributed by atoms with E-state index in [1.165, 1.54) is 5.56 Å². The first-order valence-corrected chi connectivity index (χ1v) is 9.05. The zero-order chi connectivity index (χ0) is 19.0. The minimum atomic E-state index is -0.121. The Morgan fingerprint density at radius 1 is 0.846 bits per heavy atom. The first-order chi connectivity index (χ1) is 12.4. The largest absolute Gasteiger partial charge is 0.354 e. The van der Waals surface area contributed by atoms with E-state index in [4.69, 9.17) is 0 Å². The van der Waals surface area contributed by atoms with Gasteiger partial charge in [0.1, 0.15) is 0 Å². The van der Waals surface area contributed by atoms with Gasteiger partial charge in [-0.2, -0.15) is 0 Å². The van der Waals surface area contributed by atoms with Crippen molar-refractivity contribution in [3.63, 3.8) is 0 Å². The van der Waals surface area contributed by atoms with E-state index >= 15 is 0 Å². The van der Waals surface area contributed by atoms with Crippen LogP contribution in [0.2, 0.25) is 0 Å². The molecule has 138 valence electrons. The van der Waals surface area contributed by atoms with E-state index in [0.717, 1.165) is 12.0 Å². The highest BCUT2D eigenvalue weighted by molar-refractivity contribution is 5.94. The monoisotopic (exact) mass is 352 g/mol. The summed E-state index contributed by atoms with van der Waals surface area (Å²) < 4.78 is 0. The third kappa shape index (κ3) is 6.36. The maximum atomic E-state index is 12.1. The summed E-state index contributed by atoms with van der Waals surface area (Å²) in [7, 11) is 0. The highest BCUT2D eigenvalue weighted by Gasteiger charge is 2.14. The van der Waals surface area contributed by atoms with Gasteiger partial charge in [0.2, 0.25) is 5.91 Å². The van der Waals surface area contributed by atoms with Gasteiger partial charge in [-0.05, 0) is 35.1 Å². The second-order valence-electron chi connectivity index (χ2n) is 7.42. The number of amides is 2. The van der Waals surface area contributed by atoms with Crippen molar-refractivity contribution in [2.75, 3.05) is 13.1 Å². The van der Waals surface area contributed by atoms with E-state index < -0.39 is 0 Å². The van der Waals surface area contributed by atoms with Crippen molar-refractivity contribution in [2.45, 2.75) is 39.0 Å². The van der Waals surface area contributed by atoms with Crippen LogP contribution in [0.1, 0.15) is 48.7 Å². The molecule has 0 atom stereocenters. The molecular formula is C22H28N2O2. The maximum Gasteiger partial charge on any atom is 0.251 e. The average molecular weight is 352 g/mol. The second-order valence-corrected chi connectivity index (χ2v) is 7.42. The predicted molar refractivity (Wildman–Crippen MR) is 105 cm³/mol. The van der Waals surface area contributed by atoms with Crippen LogP contribution in [0.5, 0.6) is 0 Å². The summed E-state index contributed by atoms with van der Waals surface area (Å²) in [6, 6.07) is 17.6. The molecule has 0 radical (unpaired) electrons. The molecule has 0 saturated heterocycles. The Morgan fingerprint density at radius 2 is 1.46 bits per heavy atom. The lowest BCUT2D eigenvalue weighted by atomic mass is 9.87. The second kappa shape index (κ2) is 9.18. The third-order valence-electron chi connectivity index (χ3n) is 4.23. The van der Waals surface area contributed by atoms with E-state index in [9.17, 15) is 9.59 Å². The highest BCUT2D eigenvalue weighted by atomic mass is 16.2. The van der Waals surface area contributed by atoms with Crippen molar-refractivity contribution in [3.8, 4) is 0 Å². The molecule has 0 aromatic heterocycles. The summed E-state index contributed by atoms with van der Waals surface area (Å²) in [5, 5.41) is 5.67. The van der Waals surface area contributed by atoms with Crippen molar-refractivity contribution in [1.29, 1.82) is 0 Å². The zero-order valence-corrected chi connectivity index (χ0v) is 15.8. The molecule has 0 heterocycles. The van der Waals surface area contributed by atoms with Gasteiger partial charge >= 0.3 is 0 Å². The minimum Gasteiger partial charge on any atom is -0.354 e. The molecule has 4 nitrogen and oxygen atoms in total. The Kier molecular flexibility index (Phi) is 6.96. The number of hydrogen-bond acceptors (Lipinski definition) is 2. The van der Waals surface area contributed by atoms with Gasteiger partial charge < -0.3 is 10.6 Å². The molecule has 0 unspecified atom stereocenters. The number of benzene rings is 2. The van der Waals surface area contributed by atoms with Gasteiger partial charge in [-0.1, -0.05) is 63.2 Å². The lowest BCUT2D eigenvalue weighted by Crippen LogP contribution is -2.34. The number of hydrogen-bond donors (Lipinski definition) is 2. The van der Waals surface area contributed by atoms with E-state index in [2.05, 4.69) is 31.4 Å². The summed E-state index contributed by atoms with van der Waals surface area (Å²) in [5.74, 6) is -0.123. The molecule has 4 heteroatoms. The molecule has 2 amide bonds. The number of aryl methyl sites for hydroxylation is 1. The van der Waals surface area contributed by atoms with Crippen LogP contribution in [0.15, 0.2) is 54.6 Å². The standard InChI is InChI=1S/C22H28N2O2/c1-22(2,3)19-12-10-18(11-13-19)21(26)24-16-15-23-20(25)14-9-17-7-5-4-6-8-17/h4-8,10-13H,9,14-16H2,1-3H3,(H,23,25)(H,24,26). The number of carbonyl (C=O) groups excluding carboxylic acids is 2. The fourth-order valence-corrected chi connectivity index (χ4v) is 2.59. The maximum absolute atomic E-state index is 12.1. The molecule has 0 spiro atoms. The van der Waals surface area contributed by atoms with Crippen LogP contribution in [0.3, 0.4) is 0 Å². The Balaban J connectivity index is 1.67. The molecule has 2 aromatic rings. The highest BCUT2D eigenvalue weighted by Crippen LogP contribution is 2.22. The van der Waals surface area contributed by atoms with Crippen LogP contribution in [0.25, 0.3) is 0 Å². The van der Waals surface area contributed by atoms with Gasteiger partial charge in [-0.25, -0.2) is 0 Å². The van der Waals surface area contributed by atoms with Gasteiger partial charge in [-0.15, -0.1) is 0 Å². The van der Waals surface area contributed by atoms with Gasteiger partial charge in [0, 0.05) is 25.1 Å². The molecule has 2 N–H and O–H groups in total. The van der Waals surface area contributed by atoms with Crippen molar-refractivity contribution >= 4 is 11.8 Å². The normalized spacial score (nSPS) is 11.0. The minimum absolute atomic E-state index is 0.00219. The predicted octanol–water partition coefficient (Wildman–Crippen LogP) is 3.46. The number of rotatable bonds is 7. The van der Waals surface area contributed by atoms with Crippen molar-refractivity contribution in [2.24, 2.45) is 0 Å². The van der Waals surface area contributed by atoms with Crippen molar-refractivity contribution in [1.82, 2.24) is 10.6 Å². The van der Waals surface area contributed by atoms with Crippen LogP contribution in [0.4, 0.5) is 0 Å². The van der Waals surface area contributed by atoms with Crippen LogP contribution in [-0.2, 0) is 16.6 Å². The first-order valence-electron chi connectivity index (χ1n) is 9.05. The van der Waals surface area contributed by atoms with E-state index in [1.54, 1.807) is 0 Å². The van der Waals surface area contributed by atoms with E-state index in [0.29, 0.717) is 25.1 Å². The molecule has 0 aliphatic heterocycles. The topological polar surface area (TPSA) is 58.2 Å². The van der Waals surface area contributed by atoms with Gasteiger partial charge in [0.05, 0.1) is 0 Å². The van der Waals surface area contributed by atoms with Crippen molar-refractivity contribution in [3.05, 3.63) is 71.3 Å². The molecule has 26 heavy (non-hydrogen) atoms. The van der Waals surface area contributed by atoms with Crippen LogP contribution in [-0.4, -0.2) is 24.9 Å². The van der Waals surface area contributed by atoms with Gasteiger partial charge in [-0.3, -0.25) is 9.59 Å².